The molecule has 1 aliphatic carbocycles. The van der Waals surface area contributed by atoms with Gasteiger partial charge in [-0.25, -0.2) is 4.98 Å². The molecule has 3 N–H and O–H groups in total. The maximum atomic E-state index is 13.9. The number of aryl methyl sites for hydroxylation is 1. The van der Waals surface area contributed by atoms with E-state index in [-0.39, 0.29) is 29.9 Å². The van der Waals surface area contributed by atoms with Crippen LogP contribution in [0.5, 0.6) is 0 Å². The maximum Gasteiger partial charge on any atom is 0.238 e. The molecule has 2 aliphatic heterocycles. The predicted molar refractivity (Wildman–Crippen MR) is 131 cm³/mol. The second-order valence-electron chi connectivity index (χ2n) is 10.1. The number of Topliss-reactive ketones (excluding diaryl/α,β-unsaturated/α-hetero) is 1. The van der Waals surface area contributed by atoms with E-state index in [0.29, 0.717) is 62.9 Å². The minimum Gasteiger partial charge on any atom is -0.445 e. The van der Waals surface area contributed by atoms with Crippen molar-refractivity contribution in [2.24, 2.45) is 11.7 Å². The number of morpholine rings is 1. The molecular formula is C27H34N4O5. The molecule has 0 bridgehead atoms. The van der Waals surface area contributed by atoms with Crippen molar-refractivity contribution in [3.8, 4) is 0 Å². The number of amides is 2. The van der Waals surface area contributed by atoms with Crippen LogP contribution >= 0.6 is 0 Å². The molecule has 4 atom stereocenters. The largest absolute Gasteiger partial charge is 0.445 e. The molecule has 1 saturated heterocycles. The molecule has 3 heterocycles. The number of nitrogens with zero attached hydrogens (tertiary/aromatic N) is 2. The van der Waals surface area contributed by atoms with Crippen LogP contribution in [0.1, 0.15) is 60.1 Å². The normalized spacial score (nSPS) is 27.4. The number of hydrogen-bond donors (Lipinski definition) is 2. The monoisotopic (exact) mass is 494 g/mol. The van der Waals surface area contributed by atoms with Crippen molar-refractivity contribution < 1.29 is 23.5 Å². The second kappa shape index (κ2) is 10.1. The van der Waals surface area contributed by atoms with Crippen molar-refractivity contribution in [2.75, 3.05) is 26.3 Å². The van der Waals surface area contributed by atoms with Crippen molar-refractivity contribution in [2.45, 2.75) is 63.5 Å². The van der Waals surface area contributed by atoms with Gasteiger partial charge in [-0.05, 0) is 36.3 Å². The maximum absolute atomic E-state index is 13.9. The third-order valence-electron chi connectivity index (χ3n) is 7.86. The van der Waals surface area contributed by atoms with E-state index < -0.39 is 23.9 Å². The first kappa shape index (κ1) is 24.6. The van der Waals surface area contributed by atoms with Gasteiger partial charge in [0.2, 0.25) is 11.8 Å². The van der Waals surface area contributed by atoms with Crippen molar-refractivity contribution in [3.63, 3.8) is 0 Å². The van der Waals surface area contributed by atoms with Crippen LogP contribution in [-0.2, 0) is 32.0 Å². The van der Waals surface area contributed by atoms with E-state index in [2.05, 4.69) is 22.4 Å². The molecule has 3 aliphatic rings. The third kappa shape index (κ3) is 4.57. The Labute approximate surface area is 210 Å². The molecule has 5 rings (SSSR count). The van der Waals surface area contributed by atoms with Crippen LogP contribution < -0.4 is 11.1 Å². The summed E-state index contributed by atoms with van der Waals surface area (Å²) < 4.78 is 11.4. The van der Waals surface area contributed by atoms with Gasteiger partial charge in [0, 0.05) is 32.4 Å². The van der Waals surface area contributed by atoms with Crippen molar-refractivity contribution >= 4 is 17.6 Å². The van der Waals surface area contributed by atoms with Gasteiger partial charge in [0.25, 0.3) is 0 Å². The number of carbonyl (C=O) groups is 3. The highest BCUT2D eigenvalue weighted by molar-refractivity contribution is 5.96. The number of carbonyl (C=O) groups excluding carboxylic acids is 3. The van der Waals surface area contributed by atoms with E-state index in [1.54, 1.807) is 11.8 Å². The van der Waals surface area contributed by atoms with Gasteiger partial charge in [-0.1, -0.05) is 31.2 Å². The summed E-state index contributed by atoms with van der Waals surface area (Å²) in [5, 5.41) is 2.98. The first-order chi connectivity index (χ1) is 17.4. The number of hydrogen-bond acceptors (Lipinski definition) is 7. The molecule has 192 valence electrons. The number of nitrogens with two attached hydrogens (primary N) is 1. The number of ether oxygens (including phenoxy) is 1. The van der Waals surface area contributed by atoms with E-state index in [0.717, 1.165) is 0 Å². The van der Waals surface area contributed by atoms with Crippen LogP contribution in [0.2, 0.25) is 0 Å². The summed E-state index contributed by atoms with van der Waals surface area (Å²) >= 11 is 0. The highest BCUT2D eigenvalue weighted by Gasteiger charge is 2.43. The summed E-state index contributed by atoms with van der Waals surface area (Å²) in [6.45, 7) is 5.48. The fourth-order valence-electron chi connectivity index (χ4n) is 5.93. The highest BCUT2D eigenvalue weighted by Crippen LogP contribution is 2.37. The number of ketones is 1. The number of oxazole rings is 1. The molecule has 36 heavy (non-hydrogen) atoms. The molecule has 1 aromatic carbocycles. The molecular weight excluding hydrogens is 460 g/mol. The van der Waals surface area contributed by atoms with Crippen LogP contribution in [0, 0.1) is 12.8 Å². The summed E-state index contributed by atoms with van der Waals surface area (Å²) in [4.78, 5) is 47.3. The van der Waals surface area contributed by atoms with E-state index in [4.69, 9.17) is 14.9 Å². The molecule has 2 aromatic rings. The highest BCUT2D eigenvalue weighted by atomic mass is 16.5. The molecule has 9 nitrogen and oxygen atoms in total. The lowest BCUT2D eigenvalue weighted by atomic mass is 9.82. The lowest BCUT2D eigenvalue weighted by molar-refractivity contribution is -0.139. The SMILES string of the molecule is CC[C@@H]1c2oc(C)nc2[C@H](C(=O)N2CCOCC2)CC(=O)C(C2Cc3ccccc3C2)NC(=O)[C@@H]1N. The number of benzene rings is 1. The molecule has 1 fully saturated rings. The summed E-state index contributed by atoms with van der Waals surface area (Å²) in [5.74, 6) is -1.26. The molecule has 9 heteroatoms. The second-order valence-corrected chi connectivity index (χ2v) is 10.1. The Morgan fingerprint density at radius 1 is 1.14 bits per heavy atom. The van der Waals surface area contributed by atoms with Crippen molar-refractivity contribution in [3.05, 3.63) is 52.7 Å². The lowest BCUT2D eigenvalue weighted by Crippen LogP contribution is -2.54. The Bertz CT molecular complexity index is 1130. The molecule has 2 amide bonds. The van der Waals surface area contributed by atoms with Gasteiger partial charge < -0.3 is 25.1 Å². The van der Waals surface area contributed by atoms with Gasteiger partial charge in [0.1, 0.15) is 5.76 Å². The van der Waals surface area contributed by atoms with Gasteiger partial charge in [-0.3, -0.25) is 14.4 Å². The number of aromatic nitrogens is 1. The minimum absolute atomic E-state index is 0.0569. The standard InChI is InChI=1S/C27H34N4O5/c1-3-19-22(28)26(33)30-23(18-12-16-6-4-5-7-17(16)13-18)21(32)14-20(24-25(19)36-15(2)29-24)27(34)31-8-10-35-11-9-31/h4-7,18-20,22-23H,3,8-14,28H2,1-2H3,(H,30,33)/t19-,20+,22+,23?/m0/s1. The smallest absolute Gasteiger partial charge is 0.238 e. The van der Waals surface area contributed by atoms with Gasteiger partial charge in [-0.15, -0.1) is 0 Å². The fourth-order valence-corrected chi connectivity index (χ4v) is 5.93. The Morgan fingerprint density at radius 2 is 1.81 bits per heavy atom. The summed E-state index contributed by atoms with van der Waals surface area (Å²) in [6.07, 6.45) is 1.85. The molecule has 0 spiro atoms. The average molecular weight is 495 g/mol. The molecule has 0 radical (unpaired) electrons. The zero-order chi connectivity index (χ0) is 25.4. The number of fused-ring (bicyclic) bond motifs is 2. The molecule has 1 unspecified atom stereocenters. The van der Waals surface area contributed by atoms with E-state index in [1.807, 2.05) is 19.1 Å². The van der Waals surface area contributed by atoms with Gasteiger partial charge in [0.15, 0.2) is 11.7 Å². The summed E-state index contributed by atoms with van der Waals surface area (Å²) in [6, 6.07) is 6.44. The fraction of sp³-hybridized carbons (Fsp3) is 0.556. The Kier molecular flexibility index (Phi) is 6.94. The first-order valence-electron chi connectivity index (χ1n) is 12.9. The van der Waals surface area contributed by atoms with E-state index in [1.165, 1.54) is 11.1 Å². The average Bonchev–Trinajstić information content (AvgIpc) is 3.49. The third-order valence-corrected chi connectivity index (χ3v) is 7.86. The van der Waals surface area contributed by atoms with Gasteiger partial charge in [0.05, 0.1) is 36.9 Å². The Hall–Kier alpha value is -3.04. The summed E-state index contributed by atoms with van der Waals surface area (Å²) in [7, 11) is 0. The first-order valence-corrected chi connectivity index (χ1v) is 12.9. The van der Waals surface area contributed by atoms with E-state index >= 15 is 0 Å². The van der Waals surface area contributed by atoms with Crippen molar-refractivity contribution in [1.29, 1.82) is 0 Å². The quantitative estimate of drug-likeness (QED) is 0.664. The molecule has 1 aromatic heterocycles. The van der Waals surface area contributed by atoms with Crippen LogP contribution in [0.15, 0.2) is 28.7 Å². The van der Waals surface area contributed by atoms with Crippen LogP contribution in [0.25, 0.3) is 0 Å². The number of rotatable bonds is 3. The molecule has 0 saturated carbocycles. The lowest BCUT2D eigenvalue weighted by Gasteiger charge is -2.33. The van der Waals surface area contributed by atoms with E-state index in [9.17, 15) is 14.4 Å². The van der Waals surface area contributed by atoms with Gasteiger partial charge >= 0.3 is 0 Å². The van der Waals surface area contributed by atoms with Gasteiger partial charge in [-0.2, -0.15) is 0 Å². The zero-order valence-corrected chi connectivity index (χ0v) is 20.9. The van der Waals surface area contributed by atoms with Crippen LogP contribution in [0.4, 0.5) is 0 Å². The Balaban J connectivity index is 1.54. The summed E-state index contributed by atoms with van der Waals surface area (Å²) in [5.41, 5.74) is 9.29. The predicted octanol–water partition coefficient (Wildman–Crippen LogP) is 1.62. The minimum atomic E-state index is -0.933. The van der Waals surface area contributed by atoms with Crippen molar-refractivity contribution in [1.82, 2.24) is 15.2 Å². The number of nitrogens with one attached hydrogen (secondary N) is 1. The topological polar surface area (TPSA) is 128 Å². The Morgan fingerprint density at radius 3 is 2.44 bits per heavy atom. The van der Waals surface area contributed by atoms with Crippen LogP contribution in [-0.4, -0.2) is 65.9 Å². The zero-order valence-electron chi connectivity index (χ0n) is 20.9. The van der Waals surface area contributed by atoms with Crippen LogP contribution in [0.3, 0.4) is 0 Å².